The Labute approximate surface area is 422 Å². The first kappa shape index (κ1) is 53.5. The Balaban J connectivity index is 1.29. The fraction of sp³-hybridized carbons (Fsp3) is 0.250. The third-order valence-electron chi connectivity index (χ3n) is 9.84. The lowest BCUT2D eigenvalue weighted by molar-refractivity contribution is -0.127. The van der Waals surface area contributed by atoms with Crippen LogP contribution in [0.25, 0.3) is 0 Å². The van der Waals surface area contributed by atoms with Crippen molar-refractivity contribution in [3.05, 3.63) is 129 Å². The van der Waals surface area contributed by atoms with Crippen molar-refractivity contribution in [2.45, 2.75) is 63.8 Å². The molecule has 5 aromatic rings. The standard InChI is InChI=1S/C48H45Cl5N8O8/c1-6-68-43-28(23-49)12-8-18-37(43)56-45(64)31-14-10-16-35(39(31)52)58-60-41(26(4)62)47(66)54-30-20-21-34(33(22-30)25(3)51)55-48(67)42(27(5)63)61-59-36-17-11-15-32(40(36)53)46(65)57-38-19-9-13-29(24-50)44(38)69-7-2/h8-22,25,41-42H,6-7,23-24H2,1-5H3,(H,54,66)(H,55,67)(H,56,64)(H,57,65). The zero-order chi connectivity index (χ0) is 50.4. The van der Waals surface area contributed by atoms with Crippen LogP contribution in [0.3, 0.4) is 0 Å². The molecule has 0 heterocycles. The summed E-state index contributed by atoms with van der Waals surface area (Å²) in [6, 6.07) is 20.1. The summed E-state index contributed by atoms with van der Waals surface area (Å²) in [6.07, 6.45) is 0. The number of ether oxygens (including phenoxy) is 2. The topological polar surface area (TPSA) is 218 Å². The summed E-state index contributed by atoms with van der Waals surface area (Å²) in [6.45, 7) is 8.16. The van der Waals surface area contributed by atoms with E-state index in [4.69, 9.17) is 67.5 Å². The molecule has 4 N–H and O–H groups in total. The van der Waals surface area contributed by atoms with Gasteiger partial charge >= 0.3 is 0 Å². The lowest BCUT2D eigenvalue weighted by Gasteiger charge is -2.17. The predicted molar refractivity (Wildman–Crippen MR) is 269 cm³/mol. The van der Waals surface area contributed by atoms with Crippen LogP contribution >= 0.6 is 58.0 Å². The van der Waals surface area contributed by atoms with E-state index in [-0.39, 0.29) is 55.7 Å². The zero-order valence-electron chi connectivity index (χ0n) is 37.7. The smallest absolute Gasteiger partial charge is 0.258 e. The Bertz CT molecular complexity index is 2820. The van der Waals surface area contributed by atoms with Crippen LogP contribution in [0.1, 0.15) is 77.4 Å². The number of rotatable bonds is 21. The molecule has 360 valence electrons. The van der Waals surface area contributed by atoms with Crippen molar-refractivity contribution >= 4 is 127 Å². The van der Waals surface area contributed by atoms with Gasteiger partial charge in [0.05, 0.1) is 62.9 Å². The third kappa shape index (κ3) is 13.6. The number of amides is 4. The minimum Gasteiger partial charge on any atom is -0.491 e. The molecule has 0 aromatic heterocycles. The fourth-order valence-electron chi connectivity index (χ4n) is 6.50. The molecule has 0 aliphatic rings. The molecular weight excluding hydrogens is 994 g/mol. The molecule has 0 radical (unpaired) electrons. The lowest BCUT2D eigenvalue weighted by atomic mass is 10.1. The van der Waals surface area contributed by atoms with E-state index in [0.29, 0.717) is 52.8 Å². The van der Waals surface area contributed by atoms with Gasteiger partial charge in [0, 0.05) is 22.5 Å². The van der Waals surface area contributed by atoms with Crippen molar-refractivity contribution in [1.82, 2.24) is 0 Å². The number of Topliss-reactive ketones (excluding diaryl/α,β-unsaturated/α-hetero) is 2. The number of nitrogens with one attached hydrogen (secondary N) is 4. The summed E-state index contributed by atoms with van der Waals surface area (Å²) in [5.74, 6) is -3.12. The largest absolute Gasteiger partial charge is 0.491 e. The molecule has 0 bridgehead atoms. The normalized spacial score (nSPS) is 12.5. The summed E-state index contributed by atoms with van der Waals surface area (Å²) in [5, 5.41) is 25.9. The molecule has 5 aromatic carbocycles. The first-order chi connectivity index (χ1) is 33.0. The quantitative estimate of drug-likeness (QED) is 0.0314. The molecule has 16 nitrogen and oxygen atoms in total. The number of hydrogen-bond donors (Lipinski definition) is 4. The van der Waals surface area contributed by atoms with Gasteiger partial charge in [-0.2, -0.15) is 20.5 Å². The predicted octanol–water partition coefficient (Wildman–Crippen LogP) is 12.4. The van der Waals surface area contributed by atoms with Crippen molar-refractivity contribution in [3.63, 3.8) is 0 Å². The Kier molecular flexibility index (Phi) is 19.6. The van der Waals surface area contributed by atoms with Crippen molar-refractivity contribution in [2.75, 3.05) is 34.5 Å². The molecular formula is C48H45Cl5N8O8. The second-order valence-corrected chi connectivity index (χ2v) is 16.7. The highest BCUT2D eigenvalue weighted by atomic mass is 35.5. The number of halogens is 5. The number of azo groups is 2. The van der Waals surface area contributed by atoms with E-state index in [1.807, 2.05) is 0 Å². The maximum atomic E-state index is 13.6. The first-order valence-corrected chi connectivity index (χ1v) is 23.3. The number of para-hydroxylation sites is 2. The molecule has 0 spiro atoms. The van der Waals surface area contributed by atoms with Crippen molar-refractivity contribution in [2.24, 2.45) is 20.5 Å². The molecule has 0 saturated heterocycles. The number of alkyl halides is 3. The highest BCUT2D eigenvalue weighted by Crippen LogP contribution is 2.36. The van der Waals surface area contributed by atoms with Gasteiger partial charge < -0.3 is 30.7 Å². The summed E-state index contributed by atoms with van der Waals surface area (Å²) in [5.41, 5.74) is 2.82. The number of benzene rings is 5. The molecule has 0 aliphatic heterocycles. The number of nitrogens with zero attached hydrogens (tertiary/aromatic N) is 4. The zero-order valence-corrected chi connectivity index (χ0v) is 41.4. The van der Waals surface area contributed by atoms with Crippen molar-refractivity contribution in [3.8, 4) is 11.5 Å². The summed E-state index contributed by atoms with van der Waals surface area (Å²) >= 11 is 31.9. The van der Waals surface area contributed by atoms with Gasteiger partial charge in [0.25, 0.3) is 23.6 Å². The van der Waals surface area contributed by atoms with Gasteiger partial charge in [-0.15, -0.1) is 34.8 Å². The molecule has 0 saturated carbocycles. The fourth-order valence-corrected chi connectivity index (χ4v) is 7.60. The van der Waals surface area contributed by atoms with Crippen LogP contribution in [0.15, 0.2) is 111 Å². The van der Waals surface area contributed by atoms with Gasteiger partial charge in [0.1, 0.15) is 22.9 Å². The average molecular weight is 1040 g/mol. The third-order valence-corrected chi connectivity index (χ3v) is 11.4. The van der Waals surface area contributed by atoms with Crippen LogP contribution in [-0.4, -0.2) is 60.5 Å². The monoisotopic (exact) mass is 1040 g/mol. The van der Waals surface area contributed by atoms with Crippen LogP contribution in [0.4, 0.5) is 34.1 Å². The second-order valence-electron chi connectivity index (χ2n) is 14.8. The second kappa shape index (κ2) is 25.3. The van der Waals surface area contributed by atoms with Gasteiger partial charge in [-0.25, -0.2) is 0 Å². The average Bonchev–Trinajstić information content (AvgIpc) is 3.31. The Hall–Kier alpha value is -6.43. The van der Waals surface area contributed by atoms with E-state index < -0.39 is 52.7 Å². The SMILES string of the molecule is CCOc1c(CCl)cccc1NC(=O)c1cccc(N=NC(C(C)=O)C(=O)Nc2ccc(NC(=O)C(N=Nc3cccc(C(=O)Nc4cccc(CCl)c4OCC)c3Cl)C(C)=O)c(C(C)Cl)c2)c1Cl. The van der Waals surface area contributed by atoms with Crippen molar-refractivity contribution in [1.29, 1.82) is 0 Å². The van der Waals surface area contributed by atoms with E-state index in [0.717, 1.165) is 13.8 Å². The molecule has 69 heavy (non-hydrogen) atoms. The lowest BCUT2D eigenvalue weighted by Crippen LogP contribution is -2.32. The van der Waals surface area contributed by atoms with E-state index >= 15 is 0 Å². The number of hydrogen-bond acceptors (Lipinski definition) is 12. The summed E-state index contributed by atoms with van der Waals surface area (Å²) in [4.78, 5) is 79.3. The molecule has 21 heteroatoms. The van der Waals surface area contributed by atoms with E-state index in [1.54, 1.807) is 57.2 Å². The van der Waals surface area contributed by atoms with Gasteiger partial charge in [0.15, 0.2) is 11.6 Å². The molecule has 4 amide bonds. The van der Waals surface area contributed by atoms with Crippen LogP contribution in [0.2, 0.25) is 10.0 Å². The maximum absolute atomic E-state index is 13.6. The van der Waals surface area contributed by atoms with Crippen molar-refractivity contribution < 1.29 is 38.2 Å². The molecule has 0 aliphatic carbocycles. The molecule has 3 atom stereocenters. The Morgan fingerprint density at radius 1 is 0.580 bits per heavy atom. The van der Waals surface area contributed by atoms with E-state index in [1.165, 1.54) is 54.6 Å². The number of anilines is 4. The highest BCUT2D eigenvalue weighted by molar-refractivity contribution is 6.37. The minimum atomic E-state index is -1.66. The van der Waals surface area contributed by atoms with E-state index in [2.05, 4.69) is 41.7 Å². The van der Waals surface area contributed by atoms with Crippen LogP contribution in [0, 0.1) is 0 Å². The van der Waals surface area contributed by atoms with Gasteiger partial charge in [-0.1, -0.05) is 59.6 Å². The Morgan fingerprint density at radius 3 is 1.42 bits per heavy atom. The van der Waals surface area contributed by atoms with E-state index in [9.17, 15) is 28.8 Å². The van der Waals surface area contributed by atoms with Crippen LogP contribution in [0.5, 0.6) is 11.5 Å². The maximum Gasteiger partial charge on any atom is 0.258 e. The highest BCUT2D eigenvalue weighted by Gasteiger charge is 2.27. The minimum absolute atomic E-state index is 0.00262. The Morgan fingerprint density at radius 2 is 1.01 bits per heavy atom. The van der Waals surface area contributed by atoms with Crippen LogP contribution in [-0.2, 0) is 30.9 Å². The molecule has 3 unspecified atom stereocenters. The number of ketones is 2. The summed E-state index contributed by atoms with van der Waals surface area (Å²) < 4.78 is 11.4. The molecule has 5 rings (SSSR count). The number of carbonyl (C=O) groups is 6. The van der Waals surface area contributed by atoms with Crippen LogP contribution < -0.4 is 30.7 Å². The number of carbonyl (C=O) groups excluding carboxylic acids is 6. The summed E-state index contributed by atoms with van der Waals surface area (Å²) in [7, 11) is 0. The van der Waals surface area contributed by atoms with Gasteiger partial charge in [0.2, 0.25) is 12.1 Å². The van der Waals surface area contributed by atoms with Gasteiger partial charge in [-0.05, 0) is 94.8 Å². The van der Waals surface area contributed by atoms with Gasteiger partial charge in [-0.3, -0.25) is 28.8 Å². The first-order valence-electron chi connectivity index (χ1n) is 21.1. The molecule has 0 fully saturated rings.